The molecule has 0 saturated heterocycles. The Labute approximate surface area is 121 Å². The first kappa shape index (κ1) is 15.3. The molecule has 0 spiro atoms. The molecule has 3 atom stereocenters. The Bertz CT molecular complexity index is 435. The highest BCUT2D eigenvalue weighted by Crippen LogP contribution is 2.30. The molecule has 0 bridgehead atoms. The van der Waals surface area contributed by atoms with Crippen LogP contribution in [-0.2, 0) is 0 Å². The van der Waals surface area contributed by atoms with E-state index in [-0.39, 0.29) is 11.9 Å². The molecular formula is C17H26FNO. The number of likely N-dealkylation sites (N-methyl/N-ethyl adjacent to an activating group) is 1. The third-order valence-electron chi connectivity index (χ3n) is 4.37. The first-order chi connectivity index (χ1) is 9.63. The lowest BCUT2D eigenvalue weighted by atomic mass is 9.82. The summed E-state index contributed by atoms with van der Waals surface area (Å²) in [6.07, 6.45) is 4.81. The fraction of sp³-hybridized carbons (Fsp3) is 0.647. The summed E-state index contributed by atoms with van der Waals surface area (Å²) in [5.41, 5.74) is 0.663. The van der Waals surface area contributed by atoms with Gasteiger partial charge in [-0.2, -0.15) is 0 Å². The van der Waals surface area contributed by atoms with Crippen LogP contribution in [0.15, 0.2) is 18.2 Å². The van der Waals surface area contributed by atoms with Crippen LogP contribution in [0.3, 0.4) is 0 Å². The van der Waals surface area contributed by atoms with Crippen LogP contribution in [0, 0.1) is 18.7 Å². The Morgan fingerprint density at radius 2 is 2.10 bits per heavy atom. The zero-order valence-corrected chi connectivity index (χ0v) is 12.8. The van der Waals surface area contributed by atoms with E-state index in [2.05, 4.69) is 19.2 Å². The number of nitrogens with one attached hydrogen (secondary N) is 1. The highest BCUT2D eigenvalue weighted by atomic mass is 19.1. The number of benzene rings is 1. The maximum Gasteiger partial charge on any atom is 0.129 e. The Kier molecular flexibility index (Phi) is 5.41. The lowest BCUT2D eigenvalue weighted by Gasteiger charge is -2.36. The van der Waals surface area contributed by atoms with E-state index >= 15 is 0 Å². The molecule has 3 unspecified atom stereocenters. The largest absolute Gasteiger partial charge is 0.489 e. The molecule has 0 heterocycles. The third kappa shape index (κ3) is 3.72. The summed E-state index contributed by atoms with van der Waals surface area (Å²) in [6, 6.07) is 5.55. The predicted molar refractivity (Wildman–Crippen MR) is 80.6 cm³/mol. The number of aryl methyl sites for hydroxylation is 1. The van der Waals surface area contributed by atoms with Crippen molar-refractivity contribution < 1.29 is 9.13 Å². The number of halogens is 1. The fourth-order valence-corrected chi connectivity index (χ4v) is 3.03. The van der Waals surface area contributed by atoms with Crippen LogP contribution in [0.2, 0.25) is 0 Å². The molecule has 0 aliphatic heterocycles. The molecule has 2 rings (SSSR count). The predicted octanol–water partition coefficient (Wildman–Crippen LogP) is 4.07. The van der Waals surface area contributed by atoms with Gasteiger partial charge in [0.15, 0.2) is 0 Å². The van der Waals surface area contributed by atoms with Crippen molar-refractivity contribution in [1.82, 2.24) is 5.32 Å². The topological polar surface area (TPSA) is 21.3 Å². The summed E-state index contributed by atoms with van der Waals surface area (Å²) < 4.78 is 19.7. The van der Waals surface area contributed by atoms with Crippen molar-refractivity contribution in [1.29, 1.82) is 0 Å². The summed E-state index contributed by atoms with van der Waals surface area (Å²) in [5.74, 6) is 1.19. The zero-order valence-electron chi connectivity index (χ0n) is 12.8. The second kappa shape index (κ2) is 7.07. The minimum absolute atomic E-state index is 0.149. The van der Waals surface area contributed by atoms with E-state index in [4.69, 9.17) is 4.74 Å². The van der Waals surface area contributed by atoms with Gasteiger partial charge >= 0.3 is 0 Å². The normalized spacial score (nSPS) is 26.5. The first-order valence-corrected chi connectivity index (χ1v) is 7.80. The van der Waals surface area contributed by atoms with Crippen LogP contribution in [0.5, 0.6) is 5.75 Å². The SMILES string of the molecule is CCNC1CCC(CC)CC1Oc1ccc(C)c(F)c1. The molecule has 0 aromatic heterocycles. The number of ether oxygens (including phenoxy) is 1. The van der Waals surface area contributed by atoms with Crippen LogP contribution in [0.25, 0.3) is 0 Å². The van der Waals surface area contributed by atoms with Gasteiger partial charge in [-0.1, -0.05) is 26.3 Å². The average Bonchev–Trinajstić information content (AvgIpc) is 2.45. The summed E-state index contributed by atoms with van der Waals surface area (Å²) >= 11 is 0. The van der Waals surface area contributed by atoms with Gasteiger partial charge in [0.05, 0.1) is 0 Å². The van der Waals surface area contributed by atoms with Gasteiger partial charge in [-0.25, -0.2) is 4.39 Å². The second-order valence-corrected chi connectivity index (χ2v) is 5.82. The van der Waals surface area contributed by atoms with Crippen molar-refractivity contribution in [3.8, 4) is 5.75 Å². The maximum atomic E-state index is 13.6. The van der Waals surface area contributed by atoms with Crippen molar-refractivity contribution in [3.63, 3.8) is 0 Å². The van der Waals surface area contributed by atoms with Gasteiger partial charge in [-0.05, 0) is 50.3 Å². The molecule has 1 aliphatic rings. The molecule has 112 valence electrons. The molecule has 1 aromatic rings. The molecule has 3 heteroatoms. The summed E-state index contributed by atoms with van der Waals surface area (Å²) in [5, 5.41) is 3.51. The number of hydrogen-bond donors (Lipinski definition) is 1. The Morgan fingerprint density at radius 1 is 1.30 bits per heavy atom. The molecule has 20 heavy (non-hydrogen) atoms. The summed E-state index contributed by atoms with van der Waals surface area (Å²) in [4.78, 5) is 0. The Morgan fingerprint density at radius 3 is 2.75 bits per heavy atom. The van der Waals surface area contributed by atoms with E-state index in [1.165, 1.54) is 18.9 Å². The molecular weight excluding hydrogens is 253 g/mol. The quantitative estimate of drug-likeness (QED) is 0.877. The summed E-state index contributed by atoms with van der Waals surface area (Å²) in [7, 11) is 0. The highest BCUT2D eigenvalue weighted by molar-refractivity contribution is 5.28. The minimum Gasteiger partial charge on any atom is -0.489 e. The second-order valence-electron chi connectivity index (χ2n) is 5.82. The van der Waals surface area contributed by atoms with Gasteiger partial charge in [-0.3, -0.25) is 0 Å². The van der Waals surface area contributed by atoms with Crippen LogP contribution in [0.4, 0.5) is 4.39 Å². The van der Waals surface area contributed by atoms with Crippen molar-refractivity contribution in [2.45, 2.75) is 58.6 Å². The molecule has 1 saturated carbocycles. The average molecular weight is 279 g/mol. The van der Waals surface area contributed by atoms with E-state index in [0.29, 0.717) is 17.4 Å². The lowest BCUT2D eigenvalue weighted by molar-refractivity contribution is 0.0853. The van der Waals surface area contributed by atoms with E-state index in [0.717, 1.165) is 25.3 Å². The van der Waals surface area contributed by atoms with Gasteiger partial charge < -0.3 is 10.1 Å². The van der Waals surface area contributed by atoms with Crippen molar-refractivity contribution in [2.24, 2.45) is 5.92 Å². The van der Waals surface area contributed by atoms with Crippen LogP contribution < -0.4 is 10.1 Å². The van der Waals surface area contributed by atoms with Crippen molar-refractivity contribution in [2.75, 3.05) is 6.54 Å². The fourth-order valence-electron chi connectivity index (χ4n) is 3.03. The third-order valence-corrected chi connectivity index (χ3v) is 4.37. The highest BCUT2D eigenvalue weighted by Gasteiger charge is 2.30. The Balaban J connectivity index is 2.07. The minimum atomic E-state index is -0.189. The summed E-state index contributed by atoms with van der Waals surface area (Å²) in [6.45, 7) is 7.08. The molecule has 2 nitrogen and oxygen atoms in total. The number of hydrogen-bond acceptors (Lipinski definition) is 2. The van der Waals surface area contributed by atoms with Gasteiger partial charge in [0.25, 0.3) is 0 Å². The smallest absolute Gasteiger partial charge is 0.129 e. The maximum absolute atomic E-state index is 13.6. The van der Waals surface area contributed by atoms with Gasteiger partial charge in [0.1, 0.15) is 17.7 Å². The van der Waals surface area contributed by atoms with Crippen molar-refractivity contribution in [3.05, 3.63) is 29.6 Å². The van der Waals surface area contributed by atoms with Gasteiger partial charge in [-0.15, -0.1) is 0 Å². The first-order valence-electron chi connectivity index (χ1n) is 7.80. The van der Waals surface area contributed by atoms with E-state index in [1.807, 2.05) is 6.07 Å². The van der Waals surface area contributed by atoms with Crippen molar-refractivity contribution >= 4 is 0 Å². The monoisotopic (exact) mass is 279 g/mol. The molecule has 1 fully saturated rings. The zero-order chi connectivity index (χ0) is 14.5. The van der Waals surface area contributed by atoms with E-state index < -0.39 is 0 Å². The molecule has 1 aliphatic carbocycles. The lowest BCUT2D eigenvalue weighted by Crippen LogP contribution is -2.47. The van der Waals surface area contributed by atoms with E-state index in [1.54, 1.807) is 13.0 Å². The molecule has 1 N–H and O–H groups in total. The molecule has 0 radical (unpaired) electrons. The Hall–Kier alpha value is -1.09. The standard InChI is InChI=1S/C17H26FNO/c1-4-13-7-9-16(19-5-2)17(10-13)20-14-8-6-12(3)15(18)11-14/h6,8,11,13,16-17,19H,4-5,7,9-10H2,1-3H3. The molecule has 0 amide bonds. The van der Waals surface area contributed by atoms with Crippen LogP contribution in [-0.4, -0.2) is 18.7 Å². The van der Waals surface area contributed by atoms with Gasteiger partial charge in [0, 0.05) is 12.1 Å². The van der Waals surface area contributed by atoms with Gasteiger partial charge in [0.2, 0.25) is 0 Å². The van der Waals surface area contributed by atoms with Crippen LogP contribution >= 0.6 is 0 Å². The number of rotatable bonds is 5. The van der Waals surface area contributed by atoms with E-state index in [9.17, 15) is 4.39 Å². The van der Waals surface area contributed by atoms with Crippen LogP contribution in [0.1, 0.15) is 45.1 Å². The molecule has 1 aromatic carbocycles.